The third-order valence-electron chi connectivity index (χ3n) is 13.8. The van der Waals surface area contributed by atoms with Crippen LogP contribution in [-0.2, 0) is 59.5 Å². The molecule has 4 aromatic rings. The van der Waals surface area contributed by atoms with Gasteiger partial charge < -0.3 is 0 Å². The normalized spacial score (nSPS) is 20.4. The Morgan fingerprint density at radius 1 is 0.397 bits per heavy atom. The van der Waals surface area contributed by atoms with Crippen molar-refractivity contribution in [3.63, 3.8) is 0 Å². The summed E-state index contributed by atoms with van der Waals surface area (Å²) in [6.45, 7) is 41.6. The molecule has 2 N–H and O–H groups in total. The Morgan fingerprint density at radius 2 is 0.667 bits per heavy atom. The van der Waals surface area contributed by atoms with Crippen molar-refractivity contribution in [2.24, 2.45) is 0 Å². The number of aromatic hydroxyl groups is 2. The molecule has 1 heterocycles. The molecule has 0 bridgehead atoms. The minimum atomic E-state index is -0.392. The van der Waals surface area contributed by atoms with Crippen molar-refractivity contribution < 1.29 is 25.7 Å². The number of hydrogen-bond acceptors (Lipinski definition) is 2. The van der Waals surface area contributed by atoms with Gasteiger partial charge >= 0.3 is 398 Å². The van der Waals surface area contributed by atoms with Crippen LogP contribution in [0.5, 0.6) is 11.5 Å². The maximum absolute atomic E-state index is 12.6. The predicted molar refractivity (Wildman–Crippen MR) is 277 cm³/mol. The number of benzene rings is 4. The molecule has 344 valence electrons. The van der Waals surface area contributed by atoms with Crippen LogP contribution in [0.25, 0.3) is 22.3 Å². The van der Waals surface area contributed by atoms with Gasteiger partial charge in [-0.15, -0.1) is 0 Å². The Hall–Kier alpha value is -2.11. The average molecular weight is 925 g/mol. The van der Waals surface area contributed by atoms with Crippen LogP contribution in [0.2, 0.25) is 0 Å². The molecule has 0 amide bonds. The zero-order valence-electron chi connectivity index (χ0n) is 42.8. The molecule has 0 aromatic heterocycles. The molecule has 1 fully saturated rings. The molecule has 4 atom stereocenters. The van der Waals surface area contributed by atoms with E-state index in [-0.39, 0.29) is 48.4 Å². The van der Waals surface area contributed by atoms with Crippen molar-refractivity contribution in [2.75, 3.05) is 0 Å². The summed E-state index contributed by atoms with van der Waals surface area (Å²) in [5.74, 6) is 2.95. The number of hydrogen-bond donors (Lipinski definition) is 2. The van der Waals surface area contributed by atoms with Gasteiger partial charge in [-0.2, -0.15) is 0 Å². The van der Waals surface area contributed by atoms with E-state index in [1.165, 1.54) is 71.9 Å². The standard InChI is InChI=1S/C58H84O2S2.Ti/c1-53(2,3)41-25-37(26-42(31-41)54(4,5)6)47-33-45(57(13,14)15)29-39(51(47)59)35-61-49-23-21-19-20-22-24-50(49)62-36-40-30-46(58(16,17)18)34-48(52(40)60)38-27-43(55(7,8)9)32-44(28-38)56(10,11)12;/h25-34,49-50,59-60H,19-24,35-36H2,1-18H3;/t49-,50-;/m0./s1. The molecule has 0 radical (unpaired) electrons. The van der Waals surface area contributed by atoms with E-state index in [9.17, 15) is 10.2 Å². The maximum atomic E-state index is 12.6. The molecular formula is C58H84O2S2Ti. The quantitative estimate of drug-likeness (QED) is 0.189. The van der Waals surface area contributed by atoms with Crippen LogP contribution in [0.15, 0.2) is 60.7 Å². The molecule has 2 unspecified atom stereocenters. The number of rotatable bonds is 6. The van der Waals surface area contributed by atoms with Gasteiger partial charge in [0.15, 0.2) is 0 Å². The van der Waals surface area contributed by atoms with Gasteiger partial charge in [0.25, 0.3) is 0 Å². The van der Waals surface area contributed by atoms with Gasteiger partial charge in [0.1, 0.15) is 0 Å². The summed E-state index contributed by atoms with van der Waals surface area (Å²) < 4.78 is 0. The molecule has 0 saturated heterocycles. The summed E-state index contributed by atoms with van der Waals surface area (Å²) in [4.78, 5) is 0. The molecular weight excluding hydrogens is 841 g/mol. The topological polar surface area (TPSA) is 40.5 Å². The molecule has 1 aliphatic carbocycles. The van der Waals surface area contributed by atoms with Gasteiger partial charge in [-0.05, 0) is 0 Å². The number of phenols is 2. The fraction of sp³-hybridized carbons (Fsp3) is 0.586. The summed E-state index contributed by atoms with van der Waals surface area (Å²) >= 11 is -0.392. The van der Waals surface area contributed by atoms with Crippen LogP contribution < -0.4 is 0 Å². The van der Waals surface area contributed by atoms with Crippen LogP contribution >= 0.6 is 15.9 Å². The first-order chi connectivity index (χ1) is 28.8. The van der Waals surface area contributed by atoms with E-state index in [1.54, 1.807) is 0 Å². The summed E-state index contributed by atoms with van der Waals surface area (Å²) in [6.07, 6.45) is 7.93. The van der Waals surface area contributed by atoms with Crippen LogP contribution in [0.4, 0.5) is 0 Å². The predicted octanol–water partition coefficient (Wildman–Crippen LogP) is 17.5. The Bertz CT molecular complexity index is 2190. The first kappa shape index (κ1) is 50.3. The molecule has 6 rings (SSSR count). The van der Waals surface area contributed by atoms with Crippen LogP contribution in [0.3, 0.4) is 0 Å². The monoisotopic (exact) mass is 925 g/mol. The second-order valence-electron chi connectivity index (χ2n) is 25.5. The van der Waals surface area contributed by atoms with Gasteiger partial charge in [-0.3, -0.25) is 0 Å². The van der Waals surface area contributed by atoms with Gasteiger partial charge in [0.05, 0.1) is 0 Å². The molecule has 1 aliphatic heterocycles. The third kappa shape index (κ3) is 11.7. The molecule has 0 spiro atoms. The van der Waals surface area contributed by atoms with Crippen molar-refractivity contribution in [3.05, 3.63) is 105 Å². The van der Waals surface area contributed by atoms with Crippen molar-refractivity contribution in [1.29, 1.82) is 0 Å². The summed E-state index contributed by atoms with van der Waals surface area (Å²) in [7, 11) is 0.470. The van der Waals surface area contributed by atoms with E-state index in [0.29, 0.717) is 22.0 Å². The fourth-order valence-electron chi connectivity index (χ4n) is 9.15. The first-order valence-electron chi connectivity index (χ1n) is 24.0. The summed E-state index contributed by atoms with van der Waals surface area (Å²) in [5, 5.41) is 26.6. The van der Waals surface area contributed by atoms with E-state index in [0.717, 1.165) is 44.9 Å². The second-order valence-corrected chi connectivity index (χ2v) is 36.9. The minimum absolute atomic E-state index is 0.0110. The van der Waals surface area contributed by atoms with Gasteiger partial charge in [-0.25, -0.2) is 0 Å². The molecule has 2 nitrogen and oxygen atoms in total. The Balaban J connectivity index is 1.53. The molecule has 4 aromatic carbocycles. The van der Waals surface area contributed by atoms with Gasteiger partial charge in [-0.1, -0.05) is 0 Å². The molecule has 2 aliphatic rings. The van der Waals surface area contributed by atoms with Crippen molar-refractivity contribution in [3.8, 4) is 33.8 Å². The van der Waals surface area contributed by atoms with E-state index < -0.39 is 15.5 Å². The van der Waals surface area contributed by atoms with Crippen LogP contribution in [0.1, 0.15) is 208 Å². The summed E-state index contributed by atoms with van der Waals surface area (Å²) in [5.41, 5.74) is 14.3. The Labute approximate surface area is 395 Å². The molecule has 1 saturated carbocycles. The van der Waals surface area contributed by atoms with Crippen LogP contribution in [-0.4, -0.2) is 20.7 Å². The second kappa shape index (κ2) is 18.2. The zero-order valence-corrected chi connectivity index (χ0v) is 46.0. The zero-order chi connectivity index (χ0) is 46.8. The van der Waals surface area contributed by atoms with Crippen molar-refractivity contribution in [2.45, 2.75) is 218 Å². The van der Waals surface area contributed by atoms with E-state index in [2.05, 4.69) is 185 Å². The third-order valence-corrected chi connectivity index (χ3v) is 29.7. The van der Waals surface area contributed by atoms with E-state index in [1.807, 2.05) is 0 Å². The van der Waals surface area contributed by atoms with E-state index in [4.69, 9.17) is 0 Å². The summed E-state index contributed by atoms with van der Waals surface area (Å²) in [6, 6.07) is 23.5. The molecule has 63 heavy (non-hydrogen) atoms. The van der Waals surface area contributed by atoms with Gasteiger partial charge in [0, 0.05) is 0 Å². The van der Waals surface area contributed by atoms with E-state index >= 15 is 0 Å². The first-order valence-corrected chi connectivity index (χ1v) is 30.8. The Kier molecular flexibility index (Phi) is 14.5. The van der Waals surface area contributed by atoms with Crippen molar-refractivity contribution in [1.82, 2.24) is 0 Å². The Morgan fingerprint density at radius 3 is 0.937 bits per heavy atom. The number of phenolic OH excluding ortho intramolecular Hbond substituents is 2. The van der Waals surface area contributed by atoms with Crippen molar-refractivity contribution >= 4 is 15.9 Å². The SMILES string of the molecule is CC(C)(C)c1cc(-c2cc(C(C)(C)C)cc(C[S]3=[Ti]=[S](Cc4cc(C(C)(C)C)cc(-c5cc(C(C)(C)C)cc(C(C)(C)C)c5)c4O)[C@H]4CCCCCC[C@@H]43)c2O)cc(C(C)(C)C)c1. The fourth-order valence-corrected chi connectivity index (χ4v) is 30.0. The van der Waals surface area contributed by atoms with Gasteiger partial charge in [0.2, 0.25) is 0 Å². The molecule has 5 heteroatoms. The number of fused-ring (bicyclic) bond motifs is 1. The average Bonchev–Trinajstić information content (AvgIpc) is 3.43. The van der Waals surface area contributed by atoms with Crippen LogP contribution in [0, 0.1) is 0 Å².